The monoisotopic (exact) mass is 374 g/mol. The highest BCUT2D eigenvalue weighted by molar-refractivity contribution is 7.89. The number of nitriles is 1. The molecule has 26 heavy (non-hydrogen) atoms. The first kappa shape index (κ1) is 19.8. The molecule has 0 atom stereocenters. The lowest BCUT2D eigenvalue weighted by Crippen LogP contribution is -2.28. The predicted octanol–water partition coefficient (Wildman–Crippen LogP) is 2.83. The van der Waals surface area contributed by atoms with Crippen molar-refractivity contribution in [2.24, 2.45) is 0 Å². The molecule has 0 saturated carbocycles. The maximum atomic E-state index is 12.7. The van der Waals surface area contributed by atoms with Crippen LogP contribution in [0.1, 0.15) is 17.5 Å². The minimum atomic E-state index is -3.69. The fourth-order valence-corrected chi connectivity index (χ4v) is 3.96. The summed E-state index contributed by atoms with van der Waals surface area (Å²) in [4.78, 5) is 0.0381. The third kappa shape index (κ3) is 4.34. The molecular weight excluding hydrogens is 352 g/mol. The molecule has 0 spiro atoms. The highest BCUT2D eigenvalue weighted by Gasteiger charge is 2.23. The summed E-state index contributed by atoms with van der Waals surface area (Å²) >= 11 is 0. The smallest absolute Gasteiger partial charge is 0.244 e. The Bertz CT molecular complexity index is 904. The van der Waals surface area contributed by atoms with Gasteiger partial charge in [-0.25, -0.2) is 12.7 Å². The van der Waals surface area contributed by atoms with Gasteiger partial charge in [0.1, 0.15) is 6.07 Å². The van der Waals surface area contributed by atoms with Gasteiger partial charge in [0.25, 0.3) is 0 Å². The number of hydrogen-bond donors (Lipinski definition) is 0. The van der Waals surface area contributed by atoms with Gasteiger partial charge in [0, 0.05) is 13.6 Å². The molecule has 0 aromatic heterocycles. The molecule has 0 bridgehead atoms. The molecule has 7 heteroatoms. The summed E-state index contributed by atoms with van der Waals surface area (Å²) in [7, 11) is 0.990. The van der Waals surface area contributed by atoms with E-state index < -0.39 is 10.0 Å². The fourth-order valence-electron chi connectivity index (χ4n) is 2.61. The number of benzene rings is 2. The first-order valence-electron chi connectivity index (χ1n) is 8.10. The number of nitrogens with zero attached hydrogens (tertiary/aromatic N) is 2. The predicted molar refractivity (Wildman–Crippen MR) is 98.8 cm³/mol. The number of rotatable bonds is 8. The zero-order valence-electron chi connectivity index (χ0n) is 15.1. The van der Waals surface area contributed by atoms with Crippen molar-refractivity contribution in [3.8, 4) is 17.6 Å². The second kappa shape index (κ2) is 8.70. The zero-order valence-corrected chi connectivity index (χ0v) is 15.9. The van der Waals surface area contributed by atoms with Crippen LogP contribution in [-0.2, 0) is 16.4 Å². The van der Waals surface area contributed by atoms with E-state index in [4.69, 9.17) is 14.7 Å². The van der Waals surface area contributed by atoms with Crippen LogP contribution < -0.4 is 9.47 Å². The van der Waals surface area contributed by atoms with Crippen molar-refractivity contribution in [2.75, 3.05) is 27.8 Å². The summed E-state index contributed by atoms with van der Waals surface area (Å²) in [6.07, 6.45) is 1.33. The molecular formula is C19H22N2O4S. The Labute approximate surface area is 154 Å². The van der Waals surface area contributed by atoms with Crippen LogP contribution in [0.3, 0.4) is 0 Å². The molecule has 6 nitrogen and oxygen atoms in total. The first-order valence-corrected chi connectivity index (χ1v) is 9.54. The molecule has 0 aliphatic carbocycles. The lowest BCUT2D eigenvalue weighted by Gasteiger charge is -2.18. The molecule has 138 valence electrons. The van der Waals surface area contributed by atoms with E-state index >= 15 is 0 Å². The van der Waals surface area contributed by atoms with Gasteiger partial charge in [-0.15, -0.1) is 0 Å². The first-order chi connectivity index (χ1) is 12.4. The Balaban J connectivity index is 2.04. The average Bonchev–Trinajstić information content (AvgIpc) is 2.67. The lowest BCUT2D eigenvalue weighted by atomic mass is 10.1. The third-order valence-electron chi connectivity index (χ3n) is 4.08. The van der Waals surface area contributed by atoms with Gasteiger partial charge in [-0.1, -0.05) is 18.2 Å². The van der Waals surface area contributed by atoms with Crippen LogP contribution in [0.15, 0.2) is 47.4 Å². The van der Waals surface area contributed by atoms with E-state index in [2.05, 4.69) is 0 Å². The number of hydrogen-bond acceptors (Lipinski definition) is 5. The largest absolute Gasteiger partial charge is 0.493 e. The highest BCUT2D eigenvalue weighted by atomic mass is 32.2. The zero-order chi connectivity index (χ0) is 19.2. The van der Waals surface area contributed by atoms with Gasteiger partial charge >= 0.3 is 0 Å². The van der Waals surface area contributed by atoms with Crippen molar-refractivity contribution in [1.82, 2.24) is 4.31 Å². The van der Waals surface area contributed by atoms with Crippen molar-refractivity contribution < 1.29 is 17.9 Å². The second-order valence-corrected chi connectivity index (χ2v) is 7.74. The van der Waals surface area contributed by atoms with Crippen LogP contribution in [0.2, 0.25) is 0 Å². The number of sulfonamides is 1. The van der Waals surface area contributed by atoms with E-state index in [-0.39, 0.29) is 10.5 Å². The molecule has 0 N–H and O–H groups in total. The van der Waals surface area contributed by atoms with E-state index in [1.165, 1.54) is 23.5 Å². The van der Waals surface area contributed by atoms with Crippen molar-refractivity contribution in [3.05, 3.63) is 53.6 Å². The Morgan fingerprint density at radius 1 is 1.08 bits per heavy atom. The molecule has 0 heterocycles. The molecule has 0 aliphatic rings. The quantitative estimate of drug-likeness (QED) is 0.710. The van der Waals surface area contributed by atoms with Gasteiger partial charge in [0.05, 0.1) is 24.7 Å². The Morgan fingerprint density at radius 3 is 2.42 bits per heavy atom. The van der Waals surface area contributed by atoms with Crippen molar-refractivity contribution in [3.63, 3.8) is 0 Å². The summed E-state index contributed by atoms with van der Waals surface area (Å²) in [5, 5.41) is 9.13. The fraction of sp³-hybridized carbons (Fsp3) is 0.316. The van der Waals surface area contributed by atoms with Crippen molar-refractivity contribution >= 4 is 10.0 Å². The maximum absolute atomic E-state index is 12.7. The van der Waals surface area contributed by atoms with E-state index in [1.54, 1.807) is 26.4 Å². The van der Waals surface area contributed by atoms with Crippen molar-refractivity contribution in [2.45, 2.75) is 17.7 Å². The van der Waals surface area contributed by atoms with Crippen LogP contribution in [0.5, 0.6) is 11.5 Å². The Hall–Kier alpha value is -2.56. The molecule has 2 aromatic rings. The van der Waals surface area contributed by atoms with Gasteiger partial charge in [0.2, 0.25) is 10.0 Å². The van der Waals surface area contributed by atoms with Crippen LogP contribution >= 0.6 is 0 Å². The van der Waals surface area contributed by atoms with Crippen molar-refractivity contribution in [1.29, 1.82) is 5.26 Å². The van der Waals surface area contributed by atoms with Gasteiger partial charge in [-0.2, -0.15) is 5.26 Å². The number of ether oxygens (including phenoxy) is 2. The molecule has 0 radical (unpaired) electrons. The molecule has 0 fully saturated rings. The standard InChI is InChI=1S/C19H22N2O4S/c1-21(26(22,23)19-9-5-4-8-16(19)14-20)12-6-7-15-10-11-17(24-2)18(13-15)25-3/h4-5,8-11,13H,6-7,12H2,1-3H3. The van der Waals surface area contributed by atoms with Gasteiger partial charge in [-0.05, 0) is 42.7 Å². The molecule has 2 rings (SSSR count). The molecule has 2 aromatic carbocycles. The summed E-state index contributed by atoms with van der Waals surface area (Å²) in [6.45, 7) is 0.344. The van der Waals surface area contributed by atoms with Crippen LogP contribution in [0, 0.1) is 11.3 Å². The van der Waals surface area contributed by atoms with Crippen LogP contribution in [0.4, 0.5) is 0 Å². The molecule has 0 aliphatic heterocycles. The highest BCUT2D eigenvalue weighted by Crippen LogP contribution is 2.28. The number of methoxy groups -OCH3 is 2. The van der Waals surface area contributed by atoms with Gasteiger partial charge < -0.3 is 9.47 Å². The van der Waals surface area contributed by atoms with Crippen LogP contribution in [-0.4, -0.2) is 40.5 Å². The summed E-state index contributed by atoms with van der Waals surface area (Å²) in [5.41, 5.74) is 1.19. The summed E-state index contributed by atoms with van der Waals surface area (Å²) in [6, 6.07) is 13.8. The van der Waals surface area contributed by atoms with E-state index in [0.717, 1.165) is 5.56 Å². The summed E-state index contributed by atoms with van der Waals surface area (Å²) in [5.74, 6) is 1.30. The molecule has 0 unspecified atom stereocenters. The van der Waals surface area contributed by atoms with Crippen LogP contribution in [0.25, 0.3) is 0 Å². The average molecular weight is 374 g/mol. The molecule has 0 saturated heterocycles. The Morgan fingerprint density at radius 2 is 1.77 bits per heavy atom. The minimum Gasteiger partial charge on any atom is -0.493 e. The minimum absolute atomic E-state index is 0.0381. The maximum Gasteiger partial charge on any atom is 0.244 e. The SMILES string of the molecule is COc1ccc(CCCN(C)S(=O)(=O)c2ccccc2C#N)cc1OC. The lowest BCUT2D eigenvalue weighted by molar-refractivity contribution is 0.354. The number of aryl methyl sites for hydroxylation is 1. The van der Waals surface area contributed by atoms with E-state index in [9.17, 15) is 8.42 Å². The van der Waals surface area contributed by atoms with E-state index in [1.807, 2.05) is 24.3 Å². The second-order valence-electron chi connectivity index (χ2n) is 5.73. The topological polar surface area (TPSA) is 79.6 Å². The Kier molecular flexibility index (Phi) is 6.61. The third-order valence-corrected chi connectivity index (χ3v) is 6.00. The van der Waals surface area contributed by atoms with Gasteiger partial charge in [0.15, 0.2) is 11.5 Å². The van der Waals surface area contributed by atoms with Gasteiger partial charge in [-0.3, -0.25) is 0 Å². The normalized spacial score (nSPS) is 11.2. The summed E-state index contributed by atoms with van der Waals surface area (Å²) < 4.78 is 37.1. The molecule has 0 amide bonds. The van der Waals surface area contributed by atoms with E-state index in [0.29, 0.717) is 30.9 Å².